The summed E-state index contributed by atoms with van der Waals surface area (Å²) in [5.41, 5.74) is 0.892. The Balaban J connectivity index is 1.47. The summed E-state index contributed by atoms with van der Waals surface area (Å²) in [7, 11) is -4.41. The van der Waals surface area contributed by atoms with Gasteiger partial charge < -0.3 is 10.4 Å². The van der Waals surface area contributed by atoms with Crippen molar-refractivity contribution in [1.82, 2.24) is 18.9 Å². The van der Waals surface area contributed by atoms with Crippen LogP contribution in [0.1, 0.15) is 31.2 Å². The number of carbonyl (C=O) groups is 1. The molecule has 2 atom stereocenters. The van der Waals surface area contributed by atoms with Crippen molar-refractivity contribution in [1.29, 1.82) is 0 Å². The zero-order valence-corrected chi connectivity index (χ0v) is 25.3. The average molecular weight is 648 g/mol. The van der Waals surface area contributed by atoms with E-state index in [1.54, 1.807) is 12.1 Å². The highest BCUT2D eigenvalue weighted by Gasteiger charge is 2.47. The van der Waals surface area contributed by atoms with E-state index < -0.39 is 45.4 Å². The monoisotopic (exact) mass is 647 g/mol. The van der Waals surface area contributed by atoms with Crippen molar-refractivity contribution in [2.75, 3.05) is 5.32 Å². The molecule has 2 N–H and O–H groups in total. The Morgan fingerprint density at radius 3 is 2.26 bits per heavy atom. The van der Waals surface area contributed by atoms with Crippen molar-refractivity contribution in [3.05, 3.63) is 90.0 Å². The number of fused-ring (bicyclic) bond motifs is 4. The van der Waals surface area contributed by atoms with E-state index in [2.05, 4.69) is 20.3 Å². The van der Waals surface area contributed by atoms with E-state index >= 15 is 4.39 Å². The Morgan fingerprint density at radius 1 is 0.913 bits per heavy atom. The van der Waals surface area contributed by atoms with Crippen LogP contribution in [0, 0.1) is 42.1 Å². The minimum atomic E-state index is -4.41. The summed E-state index contributed by atoms with van der Waals surface area (Å²) in [6.07, 6.45) is 4.95. The van der Waals surface area contributed by atoms with Gasteiger partial charge in [-0.05, 0) is 86.9 Å². The third-order valence-corrected chi connectivity index (χ3v) is 10.9. The van der Waals surface area contributed by atoms with E-state index in [4.69, 9.17) is 0 Å². The minimum Gasteiger partial charge on any atom is -0.481 e. The molecule has 46 heavy (non-hydrogen) atoms. The van der Waals surface area contributed by atoms with Crippen molar-refractivity contribution < 1.29 is 31.5 Å². The van der Waals surface area contributed by atoms with Gasteiger partial charge in [-0.3, -0.25) is 4.79 Å². The number of nitrogens with zero attached hydrogens (tertiary/aromatic N) is 4. The van der Waals surface area contributed by atoms with Crippen LogP contribution in [0.3, 0.4) is 0 Å². The van der Waals surface area contributed by atoms with Gasteiger partial charge in [0.05, 0.1) is 34.5 Å². The number of hydrogen-bond donors (Lipinski definition) is 2. The molecule has 3 aromatic heterocycles. The molecule has 0 saturated heterocycles. The highest BCUT2D eigenvalue weighted by molar-refractivity contribution is 7.90. The number of aromatic nitrogens is 4. The number of carboxylic acid groups (broad SMARTS) is 1. The number of nitrogens with one attached hydrogen (secondary N) is 1. The van der Waals surface area contributed by atoms with Crippen LogP contribution in [0.5, 0.6) is 0 Å². The number of rotatable bonds is 7. The molecule has 2 bridgehead atoms. The largest absolute Gasteiger partial charge is 0.481 e. The van der Waals surface area contributed by atoms with Gasteiger partial charge in [-0.25, -0.2) is 40.5 Å². The van der Waals surface area contributed by atoms with Crippen LogP contribution in [0.4, 0.5) is 19.0 Å². The normalized spacial score (nSPS) is 21.0. The molecule has 3 saturated carbocycles. The second-order valence-electron chi connectivity index (χ2n) is 11.9. The molecule has 236 valence electrons. The average Bonchev–Trinajstić information content (AvgIpc) is 3.38. The summed E-state index contributed by atoms with van der Waals surface area (Å²) < 4.78 is 73.8. The van der Waals surface area contributed by atoms with Crippen molar-refractivity contribution in [3.8, 4) is 22.6 Å². The summed E-state index contributed by atoms with van der Waals surface area (Å²) in [6, 6.07) is 11.7. The summed E-state index contributed by atoms with van der Waals surface area (Å²) in [4.78, 5) is 25.0. The Hall–Kier alpha value is -4.78. The Morgan fingerprint density at radius 2 is 1.59 bits per heavy atom. The summed E-state index contributed by atoms with van der Waals surface area (Å²) >= 11 is 0. The maximum atomic E-state index is 15.4. The lowest BCUT2D eigenvalue weighted by Gasteiger charge is -2.47. The van der Waals surface area contributed by atoms with Crippen molar-refractivity contribution >= 4 is 32.8 Å². The summed E-state index contributed by atoms with van der Waals surface area (Å²) in [5.74, 6) is -4.35. The van der Waals surface area contributed by atoms with Crippen LogP contribution < -0.4 is 5.32 Å². The van der Waals surface area contributed by atoms with Gasteiger partial charge >= 0.3 is 5.97 Å². The first-order chi connectivity index (χ1) is 22.0. The molecule has 0 radical (unpaired) electrons. The number of hydrogen-bond acceptors (Lipinski definition) is 7. The first-order valence-electron chi connectivity index (χ1n) is 14.8. The quantitative estimate of drug-likeness (QED) is 0.207. The molecule has 3 aliphatic carbocycles. The third-order valence-electron chi connectivity index (χ3n) is 9.19. The molecule has 5 aromatic rings. The van der Waals surface area contributed by atoms with Gasteiger partial charge in [0.25, 0.3) is 10.0 Å². The highest BCUT2D eigenvalue weighted by atomic mass is 32.2. The van der Waals surface area contributed by atoms with Crippen LogP contribution in [-0.4, -0.2) is 44.5 Å². The van der Waals surface area contributed by atoms with Crippen LogP contribution >= 0.6 is 0 Å². The standard InChI is InChI=1S/C33H28F3N5O4S/c1-17-2-12-23(13-3-17)46(44,45)41-29(20-8-10-21(34)11-9-20)27(24-14-22(35)15-38-32(24)41)31-37-16-25(36)30(40-31)39-28-19-6-4-18(5-7-19)26(28)33(42)43/h2-3,8-16,18-19,26,28H,4-7H2,1H3,(H,42,43)(H,37,39,40). The number of pyridine rings is 1. The van der Waals surface area contributed by atoms with E-state index in [9.17, 15) is 27.1 Å². The molecular weight excluding hydrogens is 619 g/mol. The maximum Gasteiger partial charge on any atom is 0.308 e. The van der Waals surface area contributed by atoms with Crippen molar-refractivity contribution in [2.45, 2.75) is 43.5 Å². The van der Waals surface area contributed by atoms with Crippen LogP contribution in [0.2, 0.25) is 0 Å². The van der Waals surface area contributed by atoms with Gasteiger partial charge in [-0.1, -0.05) is 17.7 Å². The van der Waals surface area contributed by atoms with Gasteiger partial charge in [0.15, 0.2) is 23.1 Å². The van der Waals surface area contributed by atoms with Crippen molar-refractivity contribution in [2.24, 2.45) is 17.8 Å². The fourth-order valence-corrected chi connectivity index (χ4v) is 8.52. The van der Waals surface area contributed by atoms with Crippen molar-refractivity contribution in [3.63, 3.8) is 0 Å². The van der Waals surface area contributed by atoms with Gasteiger partial charge in [0.1, 0.15) is 11.6 Å². The zero-order chi connectivity index (χ0) is 32.3. The lowest BCUT2D eigenvalue weighted by atomic mass is 9.61. The number of benzene rings is 2. The molecule has 3 heterocycles. The Kier molecular flexibility index (Phi) is 7.30. The van der Waals surface area contributed by atoms with Crippen LogP contribution in [0.15, 0.2) is 71.9 Å². The molecule has 0 spiro atoms. The number of halogens is 3. The summed E-state index contributed by atoms with van der Waals surface area (Å²) in [5, 5.41) is 13.1. The topological polar surface area (TPSA) is 127 Å². The number of aryl methyl sites for hydroxylation is 1. The van der Waals surface area contributed by atoms with Gasteiger partial charge in [0.2, 0.25) is 0 Å². The molecule has 0 aliphatic heterocycles. The van der Waals surface area contributed by atoms with Crippen LogP contribution in [-0.2, 0) is 14.8 Å². The van der Waals surface area contributed by atoms with E-state index in [1.165, 1.54) is 24.3 Å². The molecule has 8 rings (SSSR count). The molecule has 2 aromatic carbocycles. The lowest BCUT2D eigenvalue weighted by Crippen LogP contribution is -2.51. The van der Waals surface area contributed by atoms with E-state index in [-0.39, 0.29) is 56.2 Å². The highest BCUT2D eigenvalue weighted by Crippen LogP contribution is 2.47. The molecule has 9 nitrogen and oxygen atoms in total. The number of carboxylic acids is 1. The van der Waals surface area contributed by atoms with Gasteiger partial charge in [0, 0.05) is 17.0 Å². The molecule has 0 amide bonds. The minimum absolute atomic E-state index is 0.00134. The second kappa shape index (κ2) is 11.2. The SMILES string of the molecule is Cc1ccc(S(=O)(=O)n2c(-c3ccc(F)cc3)c(-c3ncc(F)c(NC4C5CCC(CC5)C4C(=O)O)n3)c3cc(F)cnc32)cc1. The Bertz CT molecular complexity index is 2100. The predicted octanol–water partition coefficient (Wildman–Crippen LogP) is 6.42. The smallest absolute Gasteiger partial charge is 0.308 e. The lowest BCUT2D eigenvalue weighted by molar-refractivity contribution is -0.148. The number of aliphatic carboxylic acids is 1. The number of anilines is 1. The molecular formula is C33H28F3N5O4S. The van der Waals surface area contributed by atoms with Crippen LogP contribution in [0.25, 0.3) is 33.7 Å². The predicted molar refractivity (Wildman–Crippen MR) is 164 cm³/mol. The van der Waals surface area contributed by atoms with Gasteiger partial charge in [-0.2, -0.15) is 0 Å². The molecule has 3 aliphatic rings. The molecule has 2 unspecified atom stereocenters. The fraction of sp³-hybridized carbons (Fsp3) is 0.273. The molecule has 3 fully saturated rings. The van der Waals surface area contributed by atoms with E-state index in [1.807, 2.05) is 6.92 Å². The Labute approximate surface area is 262 Å². The zero-order valence-electron chi connectivity index (χ0n) is 24.5. The van der Waals surface area contributed by atoms with E-state index in [0.717, 1.165) is 65.8 Å². The summed E-state index contributed by atoms with van der Waals surface area (Å²) in [6.45, 7) is 1.81. The van der Waals surface area contributed by atoms with E-state index in [0.29, 0.717) is 0 Å². The third kappa shape index (κ3) is 4.98. The molecule has 13 heteroatoms. The second-order valence-corrected chi connectivity index (χ2v) is 13.7. The van der Waals surface area contributed by atoms with Gasteiger partial charge in [-0.15, -0.1) is 0 Å². The first kappa shape index (κ1) is 29.9. The maximum absolute atomic E-state index is 15.4. The first-order valence-corrected chi connectivity index (χ1v) is 16.3. The fourth-order valence-electron chi connectivity index (χ4n) is 7.02.